The summed E-state index contributed by atoms with van der Waals surface area (Å²) in [6, 6.07) is 18.0. The number of nitrogens with two attached hydrogens (primary N) is 1. The second-order valence-electron chi connectivity index (χ2n) is 10.1. The summed E-state index contributed by atoms with van der Waals surface area (Å²) in [5, 5.41) is 3.16. The van der Waals surface area contributed by atoms with Crippen LogP contribution in [0.2, 0.25) is 0 Å². The van der Waals surface area contributed by atoms with Gasteiger partial charge in [-0.15, -0.1) is 11.3 Å². The van der Waals surface area contributed by atoms with E-state index in [1.807, 2.05) is 48.5 Å². The number of benzene rings is 2. The molecule has 200 valence electrons. The van der Waals surface area contributed by atoms with Gasteiger partial charge in [0, 0.05) is 24.8 Å². The van der Waals surface area contributed by atoms with E-state index in [1.165, 1.54) is 15.9 Å². The number of likely N-dealkylation sites (tertiary alicyclic amines) is 1. The number of hydrogen-bond acceptors (Lipinski definition) is 9. The van der Waals surface area contributed by atoms with Gasteiger partial charge in [0.1, 0.15) is 17.2 Å². The summed E-state index contributed by atoms with van der Waals surface area (Å²) in [5.41, 5.74) is 8.72. The molecule has 3 N–H and O–H groups in total. The van der Waals surface area contributed by atoms with Gasteiger partial charge in [-0.3, -0.25) is 19.1 Å². The van der Waals surface area contributed by atoms with Crippen LogP contribution in [0.15, 0.2) is 59.4 Å². The zero-order valence-corrected chi connectivity index (χ0v) is 22.0. The SMILES string of the molecule is Nc1nc2sc(C(=O)N[C@H]3CCN(C4COC4)C3)cc2n(-c2ccc3c(c2)N(c2ccccc2)CCO3)c1=O. The van der Waals surface area contributed by atoms with Crippen molar-refractivity contribution >= 4 is 44.8 Å². The van der Waals surface area contributed by atoms with Gasteiger partial charge in [0.25, 0.3) is 11.5 Å². The summed E-state index contributed by atoms with van der Waals surface area (Å²) in [6.07, 6.45) is 0.901. The molecule has 0 spiro atoms. The Labute approximate surface area is 228 Å². The van der Waals surface area contributed by atoms with Crippen LogP contribution in [0, 0.1) is 0 Å². The van der Waals surface area contributed by atoms with Crippen LogP contribution in [0.4, 0.5) is 17.2 Å². The molecule has 2 aromatic heterocycles. The summed E-state index contributed by atoms with van der Waals surface area (Å²) in [5.74, 6) is 0.463. The Bertz CT molecular complexity index is 1620. The fourth-order valence-electron chi connectivity index (χ4n) is 5.51. The van der Waals surface area contributed by atoms with Crippen LogP contribution < -0.4 is 26.2 Å². The van der Waals surface area contributed by atoms with Crippen molar-refractivity contribution in [3.63, 3.8) is 0 Å². The van der Waals surface area contributed by atoms with E-state index >= 15 is 0 Å². The van der Waals surface area contributed by atoms with E-state index in [1.54, 1.807) is 6.07 Å². The Balaban J connectivity index is 1.22. The number of ether oxygens (including phenoxy) is 2. The maximum atomic E-state index is 13.3. The highest BCUT2D eigenvalue weighted by atomic mass is 32.1. The summed E-state index contributed by atoms with van der Waals surface area (Å²) in [6.45, 7) is 4.53. The van der Waals surface area contributed by atoms with Crippen LogP contribution >= 0.6 is 11.3 Å². The van der Waals surface area contributed by atoms with Crippen molar-refractivity contribution in [2.45, 2.75) is 18.5 Å². The number of nitrogens with one attached hydrogen (secondary N) is 1. The minimum absolute atomic E-state index is 0.0770. The number of aromatic nitrogens is 2. The first-order valence-corrected chi connectivity index (χ1v) is 13.9. The Morgan fingerprint density at radius 1 is 1.08 bits per heavy atom. The topological polar surface area (TPSA) is 115 Å². The van der Waals surface area contributed by atoms with Crippen molar-refractivity contribution in [2.75, 3.05) is 50.1 Å². The Hall–Kier alpha value is -3.93. The van der Waals surface area contributed by atoms with E-state index in [2.05, 4.69) is 20.1 Å². The Kier molecular flexibility index (Phi) is 5.98. The first kappa shape index (κ1) is 24.1. The largest absolute Gasteiger partial charge is 0.490 e. The average Bonchev–Trinajstić information content (AvgIpc) is 3.55. The number of anilines is 3. The maximum absolute atomic E-state index is 13.3. The molecule has 2 aromatic carbocycles. The number of para-hydroxylation sites is 1. The molecule has 2 saturated heterocycles. The number of rotatable bonds is 5. The smallest absolute Gasteiger partial charge is 0.298 e. The van der Waals surface area contributed by atoms with Crippen molar-refractivity contribution in [2.24, 2.45) is 0 Å². The molecule has 0 aliphatic carbocycles. The van der Waals surface area contributed by atoms with E-state index in [-0.39, 0.29) is 17.8 Å². The van der Waals surface area contributed by atoms with Crippen molar-refractivity contribution in [1.82, 2.24) is 19.8 Å². The maximum Gasteiger partial charge on any atom is 0.298 e. The molecule has 3 aliphatic heterocycles. The first-order valence-electron chi connectivity index (χ1n) is 13.1. The average molecular weight is 545 g/mol. The highest BCUT2D eigenvalue weighted by Crippen LogP contribution is 2.38. The van der Waals surface area contributed by atoms with Crippen LogP contribution in [0.3, 0.4) is 0 Å². The van der Waals surface area contributed by atoms with Gasteiger partial charge in [-0.25, -0.2) is 4.98 Å². The zero-order chi connectivity index (χ0) is 26.5. The van der Waals surface area contributed by atoms with Crippen molar-refractivity contribution in [1.29, 1.82) is 0 Å². The van der Waals surface area contributed by atoms with E-state index in [0.29, 0.717) is 40.1 Å². The lowest BCUT2D eigenvalue weighted by molar-refractivity contribution is -0.0574. The number of carbonyl (C=O) groups is 1. The normalized spacial score (nSPS) is 19.5. The molecule has 4 aromatic rings. The number of hydrogen-bond donors (Lipinski definition) is 2. The lowest BCUT2D eigenvalue weighted by Gasteiger charge is -2.34. The lowest BCUT2D eigenvalue weighted by Crippen LogP contribution is -2.49. The molecule has 1 atom stereocenters. The monoisotopic (exact) mass is 544 g/mol. The van der Waals surface area contributed by atoms with Crippen molar-refractivity contribution in [3.05, 3.63) is 69.8 Å². The number of carbonyl (C=O) groups excluding carboxylic acids is 1. The molecule has 0 saturated carbocycles. The van der Waals surface area contributed by atoms with E-state index < -0.39 is 5.56 Å². The Morgan fingerprint density at radius 3 is 2.72 bits per heavy atom. The third kappa shape index (κ3) is 4.32. The molecule has 10 nitrogen and oxygen atoms in total. The second-order valence-corrected chi connectivity index (χ2v) is 11.1. The minimum atomic E-state index is -0.427. The van der Waals surface area contributed by atoms with Crippen LogP contribution in [0.1, 0.15) is 16.1 Å². The molecular formula is C28H28N6O4S. The molecule has 0 unspecified atom stereocenters. The van der Waals surface area contributed by atoms with Gasteiger partial charge in [-0.1, -0.05) is 18.2 Å². The van der Waals surface area contributed by atoms with Gasteiger partial charge >= 0.3 is 0 Å². The summed E-state index contributed by atoms with van der Waals surface area (Å²) < 4.78 is 12.8. The van der Waals surface area contributed by atoms with Gasteiger partial charge < -0.3 is 25.4 Å². The predicted octanol–water partition coefficient (Wildman–Crippen LogP) is 2.76. The molecule has 0 radical (unpaired) electrons. The molecule has 1 amide bonds. The van der Waals surface area contributed by atoms with E-state index in [0.717, 1.165) is 49.8 Å². The predicted molar refractivity (Wildman–Crippen MR) is 151 cm³/mol. The molecule has 3 aliphatic rings. The van der Waals surface area contributed by atoms with Crippen LogP contribution in [0.5, 0.6) is 5.75 Å². The number of nitrogen functional groups attached to an aromatic ring is 1. The number of thiophene rings is 1. The van der Waals surface area contributed by atoms with Gasteiger partial charge in [-0.2, -0.15) is 0 Å². The third-order valence-electron chi connectivity index (χ3n) is 7.63. The molecule has 11 heteroatoms. The fourth-order valence-corrected chi connectivity index (χ4v) is 6.44. The Morgan fingerprint density at radius 2 is 1.92 bits per heavy atom. The number of nitrogens with zero attached hydrogens (tertiary/aromatic N) is 4. The van der Waals surface area contributed by atoms with Crippen molar-refractivity contribution < 1.29 is 14.3 Å². The van der Waals surface area contributed by atoms with Gasteiger partial charge in [0.05, 0.1) is 47.6 Å². The summed E-state index contributed by atoms with van der Waals surface area (Å²) >= 11 is 1.24. The molecular weight excluding hydrogens is 516 g/mol. The van der Waals surface area contributed by atoms with Crippen LogP contribution in [-0.4, -0.2) is 71.9 Å². The summed E-state index contributed by atoms with van der Waals surface area (Å²) in [4.78, 5) is 36.4. The second kappa shape index (κ2) is 9.67. The minimum Gasteiger partial charge on any atom is -0.490 e. The highest BCUT2D eigenvalue weighted by molar-refractivity contribution is 7.20. The zero-order valence-electron chi connectivity index (χ0n) is 21.2. The molecule has 39 heavy (non-hydrogen) atoms. The number of fused-ring (bicyclic) bond motifs is 2. The van der Waals surface area contributed by atoms with E-state index in [9.17, 15) is 9.59 Å². The summed E-state index contributed by atoms with van der Waals surface area (Å²) in [7, 11) is 0. The van der Waals surface area contributed by atoms with Crippen LogP contribution in [0.25, 0.3) is 16.0 Å². The molecule has 2 fully saturated rings. The molecule has 7 rings (SSSR count). The molecule has 5 heterocycles. The first-order chi connectivity index (χ1) is 19.0. The standard InChI is InChI=1S/C28H28N6O4S/c29-25-28(36)34(19-6-7-23-21(12-19)33(10-11-38-23)18-4-2-1-3-5-18)22-13-24(39-27(22)31-25)26(35)30-17-8-9-32(14-17)20-15-37-16-20/h1-7,12-13,17,20H,8-11,14-16H2,(H2,29,31)(H,30,35)/t17-/m0/s1. The van der Waals surface area contributed by atoms with Crippen molar-refractivity contribution in [3.8, 4) is 11.4 Å². The lowest BCUT2D eigenvalue weighted by atomic mass is 10.1. The van der Waals surface area contributed by atoms with Gasteiger partial charge in [0.2, 0.25) is 0 Å². The highest BCUT2D eigenvalue weighted by Gasteiger charge is 2.33. The van der Waals surface area contributed by atoms with E-state index in [4.69, 9.17) is 15.2 Å². The third-order valence-corrected chi connectivity index (χ3v) is 8.64. The molecule has 0 bridgehead atoms. The van der Waals surface area contributed by atoms with Gasteiger partial charge in [0.15, 0.2) is 5.82 Å². The van der Waals surface area contributed by atoms with Crippen LogP contribution in [-0.2, 0) is 4.74 Å². The fraction of sp³-hybridized carbons (Fsp3) is 0.321. The number of amides is 1. The quantitative estimate of drug-likeness (QED) is 0.394. The van der Waals surface area contributed by atoms with Gasteiger partial charge in [-0.05, 0) is 42.8 Å².